The number of fused-ring (bicyclic) bond motifs is 1. The molecule has 0 aromatic carbocycles. The first-order valence-electron chi connectivity index (χ1n) is 7.48. The second kappa shape index (κ2) is 3.50. The number of rotatable bonds is 2. The molecule has 0 radical (unpaired) electrons. The van der Waals surface area contributed by atoms with Crippen LogP contribution < -0.4 is 0 Å². The smallest absolute Gasteiger partial charge is 0.0288 e. The Morgan fingerprint density at radius 1 is 1.12 bits per heavy atom. The molecule has 0 spiro atoms. The lowest BCUT2D eigenvalue weighted by Crippen LogP contribution is -2.53. The molecule has 0 N–H and O–H groups in total. The molecule has 0 aromatic heterocycles. The van der Waals surface area contributed by atoms with Crippen molar-refractivity contribution in [3.05, 3.63) is 5.32 Å². The molecule has 1 nitrogen and oxygen atoms in total. The molecule has 98 valence electrons. The summed E-state index contributed by atoms with van der Waals surface area (Å²) in [5.41, 5.74) is 1.17. The van der Waals surface area contributed by atoms with Gasteiger partial charge in [-0.1, -0.05) is 34.1 Å². The molecule has 4 bridgehead atoms. The Kier molecular flexibility index (Phi) is 2.47. The summed E-state index contributed by atoms with van der Waals surface area (Å²) in [4.78, 5) is 0. The van der Waals surface area contributed by atoms with Crippen LogP contribution in [0.25, 0.3) is 5.32 Å². The maximum atomic E-state index is 4.70. The van der Waals surface area contributed by atoms with E-state index in [1.807, 2.05) is 7.05 Å². The van der Waals surface area contributed by atoms with E-state index in [0.717, 1.165) is 23.7 Å². The third-order valence-electron chi connectivity index (χ3n) is 6.62. The van der Waals surface area contributed by atoms with Crippen LogP contribution in [0.1, 0.15) is 53.4 Å². The molecule has 4 fully saturated rings. The zero-order valence-corrected chi connectivity index (χ0v) is 12.2. The van der Waals surface area contributed by atoms with Crippen molar-refractivity contribution in [1.29, 1.82) is 0 Å². The summed E-state index contributed by atoms with van der Waals surface area (Å²) >= 11 is 0. The van der Waals surface area contributed by atoms with Gasteiger partial charge in [-0.3, -0.25) is 0 Å². The molecule has 1 heteroatoms. The Balaban J connectivity index is 1.94. The minimum absolute atomic E-state index is 0.520. The Hall–Kier alpha value is -0.0400. The van der Waals surface area contributed by atoms with Gasteiger partial charge in [0.15, 0.2) is 0 Å². The standard InChI is InChI=1S/C16H28N/c1-10(2)11-7-15(3)9-16(4)8-12(11)13(15)6-14(16)17-5/h10-14H,6-9H2,1-5H3/q-1. The second-order valence-corrected chi connectivity index (χ2v) is 8.08. The highest BCUT2D eigenvalue weighted by molar-refractivity contribution is 5.18. The molecular weight excluding hydrogens is 206 g/mol. The lowest BCUT2D eigenvalue weighted by Gasteiger charge is -2.63. The lowest BCUT2D eigenvalue weighted by atomic mass is 9.49. The molecule has 0 heterocycles. The van der Waals surface area contributed by atoms with Gasteiger partial charge >= 0.3 is 0 Å². The van der Waals surface area contributed by atoms with Gasteiger partial charge in [-0.25, -0.2) is 0 Å². The molecule has 17 heavy (non-hydrogen) atoms. The van der Waals surface area contributed by atoms with Crippen LogP contribution in [-0.2, 0) is 0 Å². The van der Waals surface area contributed by atoms with Crippen LogP contribution in [0.15, 0.2) is 0 Å². The molecule has 4 aliphatic rings. The van der Waals surface area contributed by atoms with Gasteiger partial charge in [0.05, 0.1) is 0 Å². The Labute approximate surface area is 107 Å². The maximum absolute atomic E-state index is 4.70. The van der Waals surface area contributed by atoms with Crippen molar-refractivity contribution in [2.24, 2.45) is 34.5 Å². The van der Waals surface area contributed by atoms with Crippen LogP contribution in [0.4, 0.5) is 0 Å². The Bertz CT molecular complexity index is 323. The molecule has 0 aromatic rings. The molecule has 4 aliphatic carbocycles. The molecule has 0 amide bonds. The minimum Gasteiger partial charge on any atom is -0.662 e. The van der Waals surface area contributed by atoms with E-state index in [0.29, 0.717) is 16.9 Å². The molecule has 0 saturated heterocycles. The molecule has 6 atom stereocenters. The Morgan fingerprint density at radius 3 is 2.35 bits per heavy atom. The zero-order chi connectivity index (χ0) is 12.4. The molecule has 4 saturated carbocycles. The fourth-order valence-corrected chi connectivity index (χ4v) is 6.07. The number of hydrogen-bond acceptors (Lipinski definition) is 0. The van der Waals surface area contributed by atoms with Crippen molar-refractivity contribution in [2.45, 2.75) is 59.4 Å². The fraction of sp³-hybridized carbons (Fsp3) is 1.00. The number of nitrogens with zero attached hydrogens (tertiary/aromatic N) is 1. The zero-order valence-electron chi connectivity index (χ0n) is 12.2. The quantitative estimate of drug-likeness (QED) is 0.669. The van der Waals surface area contributed by atoms with Crippen molar-refractivity contribution in [3.8, 4) is 0 Å². The number of hydrogen-bond donors (Lipinski definition) is 0. The highest BCUT2D eigenvalue weighted by Crippen LogP contribution is 2.70. The third-order valence-corrected chi connectivity index (χ3v) is 6.62. The maximum Gasteiger partial charge on any atom is -0.0288 e. The van der Waals surface area contributed by atoms with E-state index in [4.69, 9.17) is 5.32 Å². The predicted molar refractivity (Wildman–Crippen MR) is 73.1 cm³/mol. The van der Waals surface area contributed by atoms with Crippen molar-refractivity contribution in [3.63, 3.8) is 0 Å². The molecule has 0 aliphatic heterocycles. The van der Waals surface area contributed by atoms with Gasteiger partial charge in [0.25, 0.3) is 0 Å². The Morgan fingerprint density at radius 2 is 1.82 bits per heavy atom. The SMILES string of the molecule is C[N-]C1CC2C3CC1(C)CC2(C)CC3C(C)C. The van der Waals surface area contributed by atoms with E-state index in [1.165, 1.54) is 25.7 Å². The van der Waals surface area contributed by atoms with Gasteiger partial charge < -0.3 is 5.32 Å². The van der Waals surface area contributed by atoms with Crippen LogP contribution in [0.3, 0.4) is 0 Å². The predicted octanol–water partition coefficient (Wildman–Crippen LogP) is 4.48. The monoisotopic (exact) mass is 234 g/mol. The summed E-state index contributed by atoms with van der Waals surface area (Å²) in [5, 5.41) is 4.70. The van der Waals surface area contributed by atoms with E-state index in [1.54, 1.807) is 0 Å². The van der Waals surface area contributed by atoms with Gasteiger partial charge in [0.1, 0.15) is 0 Å². The third kappa shape index (κ3) is 1.47. The average molecular weight is 234 g/mol. The molecular formula is C16H28N-. The van der Waals surface area contributed by atoms with E-state index in [-0.39, 0.29) is 0 Å². The summed E-state index contributed by atoms with van der Waals surface area (Å²) in [6, 6.07) is 0.655. The summed E-state index contributed by atoms with van der Waals surface area (Å²) in [7, 11) is 2.04. The van der Waals surface area contributed by atoms with Crippen LogP contribution in [0, 0.1) is 34.5 Å². The van der Waals surface area contributed by atoms with Gasteiger partial charge in [-0.2, -0.15) is 7.05 Å². The van der Waals surface area contributed by atoms with Crippen LogP contribution in [-0.4, -0.2) is 13.1 Å². The summed E-state index contributed by atoms with van der Waals surface area (Å²) < 4.78 is 0. The largest absolute Gasteiger partial charge is 0.662 e. The highest BCUT2D eigenvalue weighted by Gasteiger charge is 2.62. The molecule has 4 rings (SSSR count). The van der Waals surface area contributed by atoms with Crippen molar-refractivity contribution >= 4 is 0 Å². The highest BCUT2D eigenvalue weighted by atomic mass is 14.9. The first kappa shape index (κ1) is 12.0. The van der Waals surface area contributed by atoms with E-state index < -0.39 is 0 Å². The molecule has 6 unspecified atom stereocenters. The van der Waals surface area contributed by atoms with Crippen LogP contribution in [0.5, 0.6) is 0 Å². The van der Waals surface area contributed by atoms with Crippen molar-refractivity contribution in [1.82, 2.24) is 0 Å². The first-order chi connectivity index (χ1) is 7.89. The first-order valence-corrected chi connectivity index (χ1v) is 7.48. The fourth-order valence-electron chi connectivity index (χ4n) is 6.07. The summed E-state index contributed by atoms with van der Waals surface area (Å²) in [5.74, 6) is 3.86. The van der Waals surface area contributed by atoms with Gasteiger partial charge in [0, 0.05) is 0 Å². The summed E-state index contributed by atoms with van der Waals surface area (Å²) in [6.07, 6.45) is 5.77. The minimum atomic E-state index is 0.520. The van der Waals surface area contributed by atoms with Crippen molar-refractivity contribution in [2.75, 3.05) is 7.05 Å². The van der Waals surface area contributed by atoms with Crippen LogP contribution in [0.2, 0.25) is 0 Å². The normalized spacial score (nSPS) is 56.8. The van der Waals surface area contributed by atoms with Gasteiger partial charge in [0.2, 0.25) is 0 Å². The topological polar surface area (TPSA) is 14.1 Å². The van der Waals surface area contributed by atoms with Gasteiger partial charge in [-0.05, 0) is 53.8 Å². The summed E-state index contributed by atoms with van der Waals surface area (Å²) in [6.45, 7) is 9.98. The second-order valence-electron chi connectivity index (χ2n) is 8.08. The van der Waals surface area contributed by atoms with E-state index >= 15 is 0 Å². The van der Waals surface area contributed by atoms with E-state index in [9.17, 15) is 0 Å². The average Bonchev–Trinajstić information content (AvgIpc) is 2.43. The van der Waals surface area contributed by atoms with Gasteiger partial charge in [-0.15, -0.1) is 6.04 Å². The van der Waals surface area contributed by atoms with Crippen LogP contribution >= 0.6 is 0 Å². The lowest BCUT2D eigenvalue weighted by molar-refractivity contribution is -0.0516. The van der Waals surface area contributed by atoms with Crippen molar-refractivity contribution < 1.29 is 0 Å². The van der Waals surface area contributed by atoms with E-state index in [2.05, 4.69) is 27.7 Å².